The largest absolute Gasteiger partial charge is 0.507 e. The molecular formula is C21H20O3. The van der Waals surface area contributed by atoms with Crippen molar-refractivity contribution in [3.05, 3.63) is 99.6 Å². The fourth-order valence-electron chi connectivity index (χ4n) is 2.99. The van der Waals surface area contributed by atoms with Crippen LogP contribution in [0, 0.1) is 6.92 Å². The van der Waals surface area contributed by atoms with E-state index in [-0.39, 0.29) is 11.7 Å². The molecule has 1 N–H and O–H groups in total. The van der Waals surface area contributed by atoms with Crippen LogP contribution in [0.1, 0.15) is 28.4 Å². The van der Waals surface area contributed by atoms with Crippen LogP contribution in [-0.2, 0) is 12.8 Å². The minimum atomic E-state index is -0.457. The molecule has 0 amide bonds. The van der Waals surface area contributed by atoms with E-state index < -0.39 is 5.63 Å². The van der Waals surface area contributed by atoms with E-state index in [0.717, 1.165) is 12.0 Å². The van der Waals surface area contributed by atoms with Gasteiger partial charge in [0.05, 0.1) is 5.56 Å². The highest BCUT2D eigenvalue weighted by molar-refractivity contribution is 5.33. The first-order chi connectivity index (χ1) is 11.6. The third-order valence-corrected chi connectivity index (χ3v) is 4.20. The minimum Gasteiger partial charge on any atom is -0.507 e. The monoisotopic (exact) mass is 320 g/mol. The van der Waals surface area contributed by atoms with Gasteiger partial charge in [-0.15, -0.1) is 0 Å². The third kappa shape index (κ3) is 3.74. The maximum atomic E-state index is 12.2. The van der Waals surface area contributed by atoms with Gasteiger partial charge in [-0.3, -0.25) is 0 Å². The van der Waals surface area contributed by atoms with Gasteiger partial charge < -0.3 is 9.52 Å². The highest BCUT2D eigenvalue weighted by Crippen LogP contribution is 2.27. The lowest BCUT2D eigenvalue weighted by Gasteiger charge is -2.18. The van der Waals surface area contributed by atoms with Gasteiger partial charge in [0.15, 0.2) is 0 Å². The zero-order valence-corrected chi connectivity index (χ0v) is 13.6. The summed E-state index contributed by atoms with van der Waals surface area (Å²) in [6.45, 7) is 1.66. The Hall–Kier alpha value is -2.81. The molecule has 0 aliphatic heterocycles. The maximum absolute atomic E-state index is 12.2. The Kier molecular flexibility index (Phi) is 4.80. The predicted molar refractivity (Wildman–Crippen MR) is 94.4 cm³/mol. The Morgan fingerprint density at radius 2 is 1.58 bits per heavy atom. The average molecular weight is 320 g/mol. The summed E-state index contributed by atoms with van der Waals surface area (Å²) in [6, 6.07) is 21.7. The van der Waals surface area contributed by atoms with E-state index in [1.807, 2.05) is 36.4 Å². The minimum absolute atomic E-state index is 0.0118. The normalized spacial score (nSPS) is 12.0. The second-order valence-electron chi connectivity index (χ2n) is 6.01. The van der Waals surface area contributed by atoms with E-state index in [2.05, 4.69) is 24.3 Å². The lowest BCUT2D eigenvalue weighted by atomic mass is 9.87. The van der Waals surface area contributed by atoms with Crippen molar-refractivity contribution in [2.24, 2.45) is 0 Å². The summed E-state index contributed by atoms with van der Waals surface area (Å²) in [5.41, 5.74) is 2.22. The molecule has 0 spiro atoms. The van der Waals surface area contributed by atoms with E-state index in [1.54, 1.807) is 6.92 Å². The molecule has 122 valence electrons. The third-order valence-electron chi connectivity index (χ3n) is 4.20. The van der Waals surface area contributed by atoms with E-state index in [0.29, 0.717) is 17.7 Å². The van der Waals surface area contributed by atoms with Crippen LogP contribution in [0.5, 0.6) is 5.75 Å². The Balaban J connectivity index is 1.95. The zero-order valence-electron chi connectivity index (χ0n) is 13.6. The Morgan fingerprint density at radius 1 is 0.958 bits per heavy atom. The van der Waals surface area contributed by atoms with Crippen LogP contribution < -0.4 is 5.63 Å². The van der Waals surface area contributed by atoms with E-state index in [4.69, 9.17) is 4.42 Å². The van der Waals surface area contributed by atoms with Crippen LogP contribution in [0.3, 0.4) is 0 Å². The summed E-state index contributed by atoms with van der Waals surface area (Å²) in [5.74, 6) is 0.517. The van der Waals surface area contributed by atoms with Crippen LogP contribution in [0.4, 0.5) is 0 Å². The molecule has 3 aromatic rings. The van der Waals surface area contributed by atoms with Crippen LogP contribution in [0.25, 0.3) is 0 Å². The first-order valence-electron chi connectivity index (χ1n) is 8.05. The lowest BCUT2D eigenvalue weighted by Crippen LogP contribution is -2.14. The summed E-state index contributed by atoms with van der Waals surface area (Å²) in [7, 11) is 0. The van der Waals surface area contributed by atoms with Gasteiger partial charge in [0.1, 0.15) is 11.5 Å². The van der Waals surface area contributed by atoms with Crippen molar-refractivity contribution in [1.82, 2.24) is 0 Å². The van der Waals surface area contributed by atoms with Gasteiger partial charge in [0, 0.05) is 6.07 Å². The smallest absolute Gasteiger partial charge is 0.342 e. The van der Waals surface area contributed by atoms with Crippen LogP contribution in [-0.4, -0.2) is 5.11 Å². The van der Waals surface area contributed by atoms with Crippen molar-refractivity contribution in [3.8, 4) is 5.75 Å². The molecule has 0 bridgehead atoms. The molecule has 0 aliphatic rings. The van der Waals surface area contributed by atoms with Gasteiger partial charge >= 0.3 is 5.63 Å². The SMILES string of the molecule is Cc1cc(O)c(CC(Cc2ccccc2)c2ccccc2)c(=O)o1. The summed E-state index contributed by atoms with van der Waals surface area (Å²) < 4.78 is 5.16. The molecule has 2 aromatic carbocycles. The molecule has 3 nitrogen and oxygen atoms in total. The summed E-state index contributed by atoms with van der Waals surface area (Å²) >= 11 is 0. The molecule has 0 aliphatic carbocycles. The lowest BCUT2D eigenvalue weighted by molar-refractivity contribution is 0.418. The predicted octanol–water partition coefficient (Wildman–Crippen LogP) is 4.22. The zero-order chi connectivity index (χ0) is 16.9. The first kappa shape index (κ1) is 16.1. The molecule has 1 atom stereocenters. The topological polar surface area (TPSA) is 50.4 Å². The Labute approximate surface area is 141 Å². The van der Waals surface area contributed by atoms with Crippen molar-refractivity contribution in [1.29, 1.82) is 0 Å². The summed E-state index contributed by atoms with van der Waals surface area (Å²) in [5, 5.41) is 10.2. The summed E-state index contributed by atoms with van der Waals surface area (Å²) in [4.78, 5) is 12.2. The first-order valence-corrected chi connectivity index (χ1v) is 8.05. The second kappa shape index (κ2) is 7.18. The Morgan fingerprint density at radius 3 is 2.21 bits per heavy atom. The molecule has 24 heavy (non-hydrogen) atoms. The van der Waals surface area contributed by atoms with E-state index in [9.17, 15) is 9.90 Å². The number of hydrogen-bond acceptors (Lipinski definition) is 3. The number of benzene rings is 2. The molecule has 3 rings (SSSR count). The van der Waals surface area contributed by atoms with E-state index in [1.165, 1.54) is 11.6 Å². The van der Waals surface area contributed by atoms with Crippen molar-refractivity contribution < 1.29 is 9.52 Å². The standard InChI is InChI=1S/C21H20O3/c1-15-12-20(22)19(21(23)24-15)14-18(17-10-6-3-7-11-17)13-16-8-4-2-5-9-16/h2-12,18,22H,13-14H2,1H3. The van der Waals surface area contributed by atoms with Crippen molar-refractivity contribution in [3.63, 3.8) is 0 Å². The number of rotatable bonds is 5. The van der Waals surface area contributed by atoms with Crippen molar-refractivity contribution >= 4 is 0 Å². The van der Waals surface area contributed by atoms with Gasteiger partial charge in [-0.25, -0.2) is 4.79 Å². The van der Waals surface area contributed by atoms with Gasteiger partial charge in [-0.2, -0.15) is 0 Å². The van der Waals surface area contributed by atoms with E-state index >= 15 is 0 Å². The van der Waals surface area contributed by atoms with Crippen molar-refractivity contribution in [2.45, 2.75) is 25.7 Å². The van der Waals surface area contributed by atoms with Gasteiger partial charge in [0.2, 0.25) is 0 Å². The quantitative estimate of drug-likeness (QED) is 0.765. The second-order valence-corrected chi connectivity index (χ2v) is 6.01. The highest BCUT2D eigenvalue weighted by Gasteiger charge is 2.19. The summed E-state index contributed by atoms with van der Waals surface area (Å²) in [6.07, 6.45) is 1.23. The Bertz CT molecular complexity index is 851. The molecule has 1 aromatic heterocycles. The molecule has 0 fully saturated rings. The average Bonchev–Trinajstić information content (AvgIpc) is 2.58. The highest BCUT2D eigenvalue weighted by atomic mass is 16.4. The maximum Gasteiger partial charge on any atom is 0.342 e. The molecule has 1 heterocycles. The van der Waals surface area contributed by atoms with Crippen molar-refractivity contribution in [2.75, 3.05) is 0 Å². The molecule has 0 saturated heterocycles. The number of aromatic hydroxyl groups is 1. The molecule has 1 unspecified atom stereocenters. The van der Waals surface area contributed by atoms with Gasteiger partial charge in [-0.1, -0.05) is 60.7 Å². The fraction of sp³-hybridized carbons (Fsp3) is 0.190. The van der Waals surface area contributed by atoms with Crippen LogP contribution in [0.15, 0.2) is 75.9 Å². The number of aryl methyl sites for hydroxylation is 1. The van der Waals surface area contributed by atoms with Gasteiger partial charge in [0.25, 0.3) is 0 Å². The van der Waals surface area contributed by atoms with Crippen LogP contribution in [0.2, 0.25) is 0 Å². The van der Waals surface area contributed by atoms with Gasteiger partial charge in [-0.05, 0) is 36.8 Å². The van der Waals surface area contributed by atoms with Crippen LogP contribution >= 0.6 is 0 Å². The molecular weight excluding hydrogens is 300 g/mol. The molecule has 3 heteroatoms. The molecule has 0 saturated carbocycles. The number of hydrogen-bond donors (Lipinski definition) is 1. The molecule has 0 radical (unpaired) electrons. The fourth-order valence-corrected chi connectivity index (χ4v) is 2.99.